The molecule has 2 aromatic rings. The number of rotatable bonds is 4. The summed E-state index contributed by atoms with van der Waals surface area (Å²) in [5.74, 6) is -0.0780. The van der Waals surface area contributed by atoms with Crippen molar-refractivity contribution in [1.29, 1.82) is 5.26 Å². The van der Waals surface area contributed by atoms with E-state index in [0.717, 1.165) is 0 Å². The van der Waals surface area contributed by atoms with E-state index in [2.05, 4.69) is 0 Å². The van der Waals surface area contributed by atoms with Crippen LogP contribution in [0.1, 0.15) is 16.7 Å². The fourth-order valence-corrected chi connectivity index (χ4v) is 2.04. The quantitative estimate of drug-likeness (QED) is 0.769. The third kappa shape index (κ3) is 3.41. The van der Waals surface area contributed by atoms with Crippen LogP contribution in [0.5, 0.6) is 5.75 Å². The summed E-state index contributed by atoms with van der Waals surface area (Å²) in [5.41, 5.74) is 1.84. The first-order valence-corrected chi connectivity index (χ1v) is 6.71. The maximum absolute atomic E-state index is 13.7. The third-order valence-electron chi connectivity index (χ3n) is 2.72. The molecule has 0 atom stereocenters. The first kappa shape index (κ1) is 14.6. The lowest BCUT2D eigenvalue weighted by Crippen LogP contribution is -1.99. The van der Waals surface area contributed by atoms with Gasteiger partial charge in [-0.05, 0) is 29.8 Å². The highest BCUT2D eigenvalue weighted by atomic mass is 35.5. The number of alkyl halides is 1. The lowest BCUT2D eigenvalue weighted by atomic mass is 10.1. The molecular weight excluding hydrogens is 300 g/mol. The molecule has 0 N–H and O–H groups in total. The first-order chi connectivity index (χ1) is 9.63. The van der Waals surface area contributed by atoms with Crippen molar-refractivity contribution in [2.75, 3.05) is 0 Å². The second-order valence-corrected chi connectivity index (χ2v) is 4.78. The summed E-state index contributed by atoms with van der Waals surface area (Å²) in [6, 6.07) is 11.4. The Labute approximate surface area is 126 Å². The van der Waals surface area contributed by atoms with E-state index in [4.69, 9.17) is 33.2 Å². The van der Waals surface area contributed by atoms with Gasteiger partial charge in [0.15, 0.2) is 11.6 Å². The molecule has 0 heterocycles. The molecule has 2 aromatic carbocycles. The normalized spacial score (nSPS) is 10.1. The number of nitriles is 1. The molecule has 0 unspecified atom stereocenters. The topological polar surface area (TPSA) is 33.0 Å². The zero-order valence-electron chi connectivity index (χ0n) is 10.4. The van der Waals surface area contributed by atoms with Gasteiger partial charge in [-0.15, -0.1) is 11.6 Å². The van der Waals surface area contributed by atoms with Gasteiger partial charge in [-0.2, -0.15) is 5.26 Å². The van der Waals surface area contributed by atoms with Crippen molar-refractivity contribution < 1.29 is 9.13 Å². The minimum Gasteiger partial charge on any atom is -0.486 e. The number of nitrogens with zero attached hydrogens (tertiary/aromatic N) is 1. The molecule has 0 aliphatic carbocycles. The largest absolute Gasteiger partial charge is 0.486 e. The van der Waals surface area contributed by atoms with Crippen LogP contribution in [-0.4, -0.2) is 0 Å². The molecule has 102 valence electrons. The van der Waals surface area contributed by atoms with Crippen LogP contribution in [0, 0.1) is 17.1 Å². The fraction of sp³-hybridized carbons (Fsp3) is 0.133. The van der Waals surface area contributed by atoms with Crippen LogP contribution in [0.3, 0.4) is 0 Å². The summed E-state index contributed by atoms with van der Waals surface area (Å²) in [5, 5.41) is 9.16. The lowest BCUT2D eigenvalue weighted by molar-refractivity contribution is 0.290. The van der Waals surface area contributed by atoms with Crippen molar-refractivity contribution >= 4 is 23.2 Å². The zero-order valence-corrected chi connectivity index (χ0v) is 11.9. The predicted octanol–water partition coefficient (Wildman–Crippen LogP) is 4.67. The van der Waals surface area contributed by atoms with Crippen molar-refractivity contribution in [1.82, 2.24) is 0 Å². The van der Waals surface area contributed by atoms with E-state index in [9.17, 15) is 4.39 Å². The van der Waals surface area contributed by atoms with Gasteiger partial charge in [0.2, 0.25) is 0 Å². The Morgan fingerprint density at radius 2 is 2.00 bits per heavy atom. The highest BCUT2D eigenvalue weighted by molar-refractivity contribution is 6.31. The van der Waals surface area contributed by atoms with Crippen LogP contribution >= 0.6 is 23.2 Å². The average Bonchev–Trinajstić information content (AvgIpc) is 2.46. The maximum atomic E-state index is 13.7. The third-order valence-corrected chi connectivity index (χ3v) is 3.38. The van der Waals surface area contributed by atoms with Gasteiger partial charge in [0.05, 0.1) is 11.6 Å². The molecule has 0 spiro atoms. The Kier molecular flexibility index (Phi) is 4.84. The van der Waals surface area contributed by atoms with E-state index in [0.29, 0.717) is 21.7 Å². The lowest BCUT2D eigenvalue weighted by Gasteiger charge is -2.09. The predicted molar refractivity (Wildman–Crippen MR) is 76.5 cm³/mol. The summed E-state index contributed by atoms with van der Waals surface area (Å²) >= 11 is 11.6. The molecule has 0 aliphatic rings. The molecule has 0 saturated heterocycles. The molecule has 2 nitrogen and oxygen atoms in total. The number of ether oxygens (including phenoxy) is 1. The van der Waals surface area contributed by atoms with Gasteiger partial charge in [0.1, 0.15) is 6.61 Å². The summed E-state index contributed by atoms with van der Waals surface area (Å²) < 4.78 is 19.1. The molecule has 0 radical (unpaired) electrons. The van der Waals surface area contributed by atoms with Crippen LogP contribution in [0.25, 0.3) is 0 Å². The van der Waals surface area contributed by atoms with Crippen LogP contribution in [0.4, 0.5) is 4.39 Å². The van der Waals surface area contributed by atoms with Gasteiger partial charge < -0.3 is 4.74 Å². The number of halogens is 3. The van der Waals surface area contributed by atoms with Gasteiger partial charge in [0, 0.05) is 16.5 Å². The summed E-state index contributed by atoms with van der Waals surface area (Å²) in [7, 11) is 0. The van der Waals surface area contributed by atoms with E-state index in [1.54, 1.807) is 24.3 Å². The van der Waals surface area contributed by atoms with E-state index in [1.165, 1.54) is 12.1 Å². The molecular formula is C15H10Cl2FNO. The minimum atomic E-state index is -0.465. The van der Waals surface area contributed by atoms with E-state index >= 15 is 0 Å². The van der Waals surface area contributed by atoms with Gasteiger partial charge in [-0.3, -0.25) is 0 Å². The van der Waals surface area contributed by atoms with Gasteiger partial charge in [-0.1, -0.05) is 23.7 Å². The highest BCUT2D eigenvalue weighted by Gasteiger charge is 2.07. The Hall–Kier alpha value is -1.76. The Morgan fingerprint density at radius 1 is 1.20 bits per heavy atom. The highest BCUT2D eigenvalue weighted by Crippen LogP contribution is 2.23. The number of hydrogen-bond donors (Lipinski definition) is 0. The Balaban J connectivity index is 2.11. The average molecular weight is 310 g/mol. The minimum absolute atomic E-state index is 0.127. The van der Waals surface area contributed by atoms with Gasteiger partial charge in [-0.25, -0.2) is 4.39 Å². The smallest absolute Gasteiger partial charge is 0.165 e. The zero-order chi connectivity index (χ0) is 14.5. The SMILES string of the molecule is N#Cc1ccc(COc2ccc(CCl)cc2F)c(Cl)c1. The molecule has 2 rings (SSSR count). The molecule has 0 aromatic heterocycles. The molecule has 0 bridgehead atoms. The number of hydrogen-bond acceptors (Lipinski definition) is 2. The number of benzene rings is 2. The molecule has 20 heavy (non-hydrogen) atoms. The Bertz CT molecular complexity index is 667. The Morgan fingerprint density at radius 3 is 2.60 bits per heavy atom. The molecule has 0 fully saturated rings. The molecule has 5 heteroatoms. The molecule has 0 saturated carbocycles. The van der Waals surface area contributed by atoms with E-state index < -0.39 is 5.82 Å². The van der Waals surface area contributed by atoms with E-state index in [-0.39, 0.29) is 18.2 Å². The van der Waals surface area contributed by atoms with Crippen LogP contribution in [0.15, 0.2) is 36.4 Å². The first-order valence-electron chi connectivity index (χ1n) is 5.79. The second kappa shape index (κ2) is 6.60. The molecule has 0 amide bonds. The van der Waals surface area contributed by atoms with Crippen LogP contribution in [0.2, 0.25) is 5.02 Å². The van der Waals surface area contributed by atoms with Gasteiger partial charge in [0.25, 0.3) is 0 Å². The standard InChI is InChI=1S/C15H10Cl2FNO/c16-7-10-2-4-15(14(18)6-10)20-9-12-3-1-11(8-19)5-13(12)17/h1-6H,7,9H2. The van der Waals surface area contributed by atoms with Crippen molar-refractivity contribution in [3.63, 3.8) is 0 Å². The van der Waals surface area contributed by atoms with Crippen molar-refractivity contribution in [2.45, 2.75) is 12.5 Å². The summed E-state index contributed by atoms with van der Waals surface area (Å²) in [4.78, 5) is 0. The molecule has 0 aliphatic heterocycles. The monoisotopic (exact) mass is 309 g/mol. The van der Waals surface area contributed by atoms with E-state index in [1.807, 2.05) is 6.07 Å². The summed E-state index contributed by atoms with van der Waals surface area (Å²) in [6.07, 6.45) is 0. The van der Waals surface area contributed by atoms with Gasteiger partial charge >= 0.3 is 0 Å². The second-order valence-electron chi connectivity index (χ2n) is 4.11. The maximum Gasteiger partial charge on any atom is 0.165 e. The fourth-order valence-electron chi connectivity index (χ4n) is 1.63. The van der Waals surface area contributed by atoms with Crippen molar-refractivity contribution in [3.05, 3.63) is 63.9 Å². The van der Waals surface area contributed by atoms with Crippen molar-refractivity contribution in [2.24, 2.45) is 0 Å². The van der Waals surface area contributed by atoms with Crippen molar-refractivity contribution in [3.8, 4) is 11.8 Å². The summed E-state index contributed by atoms with van der Waals surface area (Å²) in [6.45, 7) is 0.127. The van der Waals surface area contributed by atoms with Crippen LogP contribution < -0.4 is 4.74 Å². The van der Waals surface area contributed by atoms with Crippen LogP contribution in [-0.2, 0) is 12.5 Å².